The van der Waals surface area contributed by atoms with Crippen LogP contribution in [0.3, 0.4) is 0 Å². The number of anilines is 2. The van der Waals surface area contributed by atoms with Crippen molar-refractivity contribution in [1.29, 1.82) is 0 Å². The summed E-state index contributed by atoms with van der Waals surface area (Å²) in [5.74, 6) is 0.0407. The van der Waals surface area contributed by atoms with Gasteiger partial charge in [-0.2, -0.15) is 0 Å². The second kappa shape index (κ2) is 8.59. The number of carbonyl (C=O) groups excluding carboxylic acids is 2. The number of rotatable bonds is 6. The van der Waals surface area contributed by atoms with E-state index in [0.717, 1.165) is 22.0 Å². The number of pyridine rings is 1. The van der Waals surface area contributed by atoms with E-state index in [1.165, 1.54) is 30.0 Å². The highest BCUT2D eigenvalue weighted by molar-refractivity contribution is 8.00. The van der Waals surface area contributed by atoms with Gasteiger partial charge < -0.3 is 10.6 Å². The van der Waals surface area contributed by atoms with Gasteiger partial charge in [-0.05, 0) is 36.4 Å². The Bertz CT molecular complexity index is 895. The fourth-order valence-electron chi connectivity index (χ4n) is 2.11. The molecule has 1 aromatic carbocycles. The third-order valence-electron chi connectivity index (χ3n) is 3.22. The van der Waals surface area contributed by atoms with Crippen LogP contribution in [0, 0.1) is 0 Å². The minimum absolute atomic E-state index is 0.113. The Morgan fingerprint density at radius 1 is 1.08 bits per heavy atom. The predicted molar refractivity (Wildman–Crippen MR) is 105 cm³/mol. The maximum atomic E-state index is 12.1. The fourth-order valence-corrected chi connectivity index (χ4v) is 3.52. The van der Waals surface area contributed by atoms with E-state index in [1.807, 2.05) is 47.8 Å². The van der Waals surface area contributed by atoms with Crippen molar-refractivity contribution < 1.29 is 9.59 Å². The molecule has 0 aliphatic rings. The number of amides is 2. The Morgan fingerprint density at radius 3 is 2.58 bits per heavy atom. The van der Waals surface area contributed by atoms with Gasteiger partial charge in [-0.25, -0.2) is 4.98 Å². The molecule has 0 fully saturated rings. The van der Waals surface area contributed by atoms with Crippen molar-refractivity contribution in [3.63, 3.8) is 0 Å². The topological polar surface area (TPSA) is 84.0 Å². The zero-order chi connectivity index (χ0) is 18.4. The van der Waals surface area contributed by atoms with Gasteiger partial charge in [-0.3, -0.25) is 14.6 Å². The van der Waals surface area contributed by atoms with Crippen LogP contribution in [0.1, 0.15) is 6.92 Å². The zero-order valence-electron chi connectivity index (χ0n) is 13.9. The number of hydrogen-bond donors (Lipinski definition) is 2. The van der Waals surface area contributed by atoms with Gasteiger partial charge >= 0.3 is 0 Å². The maximum Gasteiger partial charge on any atom is 0.236 e. The van der Waals surface area contributed by atoms with E-state index in [9.17, 15) is 9.59 Å². The minimum Gasteiger partial charge on any atom is -0.326 e. The van der Waals surface area contributed by atoms with Crippen molar-refractivity contribution >= 4 is 45.7 Å². The number of nitrogens with one attached hydrogen (secondary N) is 2. The van der Waals surface area contributed by atoms with Crippen LogP contribution in [0.4, 0.5) is 10.8 Å². The molecule has 132 valence electrons. The lowest BCUT2D eigenvalue weighted by molar-refractivity contribution is -0.114. The molecule has 3 rings (SSSR count). The fraction of sp³-hybridized carbons (Fsp3) is 0.111. The van der Waals surface area contributed by atoms with Crippen molar-refractivity contribution in [2.24, 2.45) is 0 Å². The second-order valence-electron chi connectivity index (χ2n) is 5.30. The summed E-state index contributed by atoms with van der Waals surface area (Å²) in [6.07, 6.45) is 1.71. The molecular formula is C18H16N4O2S2. The van der Waals surface area contributed by atoms with Gasteiger partial charge in [0.2, 0.25) is 11.8 Å². The van der Waals surface area contributed by atoms with E-state index in [1.54, 1.807) is 6.20 Å². The van der Waals surface area contributed by atoms with Crippen LogP contribution in [-0.2, 0) is 9.59 Å². The number of benzene rings is 1. The summed E-state index contributed by atoms with van der Waals surface area (Å²) in [7, 11) is 0. The Labute approximate surface area is 159 Å². The van der Waals surface area contributed by atoms with E-state index in [0.29, 0.717) is 5.13 Å². The van der Waals surface area contributed by atoms with Gasteiger partial charge in [0, 0.05) is 29.1 Å². The number of hydrogen-bond acceptors (Lipinski definition) is 6. The molecule has 2 N–H and O–H groups in total. The first kappa shape index (κ1) is 18.1. The van der Waals surface area contributed by atoms with Crippen LogP contribution in [-0.4, -0.2) is 27.5 Å². The molecule has 2 heterocycles. The molecule has 6 nitrogen and oxygen atoms in total. The van der Waals surface area contributed by atoms with E-state index >= 15 is 0 Å². The summed E-state index contributed by atoms with van der Waals surface area (Å²) >= 11 is 2.79. The van der Waals surface area contributed by atoms with Crippen LogP contribution >= 0.6 is 23.1 Å². The summed E-state index contributed by atoms with van der Waals surface area (Å²) in [6, 6.07) is 13.0. The predicted octanol–water partition coefficient (Wildman–Crippen LogP) is 3.89. The van der Waals surface area contributed by atoms with Gasteiger partial charge in [0.25, 0.3) is 0 Å². The molecule has 0 bridgehead atoms. The molecule has 0 spiro atoms. The first-order valence-electron chi connectivity index (χ1n) is 7.77. The molecule has 0 atom stereocenters. The summed E-state index contributed by atoms with van der Waals surface area (Å²) < 4.78 is 0. The van der Waals surface area contributed by atoms with Crippen molar-refractivity contribution in [3.8, 4) is 11.4 Å². The third-order valence-corrected chi connectivity index (χ3v) is 4.99. The number of nitrogens with zero attached hydrogens (tertiary/aromatic N) is 2. The number of thioether (sulfide) groups is 1. The average molecular weight is 384 g/mol. The summed E-state index contributed by atoms with van der Waals surface area (Å²) in [5, 5.41) is 7.93. The molecule has 2 aromatic heterocycles. The van der Waals surface area contributed by atoms with Gasteiger partial charge in [-0.15, -0.1) is 23.1 Å². The van der Waals surface area contributed by atoms with Crippen molar-refractivity contribution in [2.75, 3.05) is 16.4 Å². The van der Waals surface area contributed by atoms with Gasteiger partial charge in [0.15, 0.2) is 5.13 Å². The van der Waals surface area contributed by atoms with Gasteiger partial charge in [0.05, 0.1) is 11.4 Å². The first-order chi connectivity index (χ1) is 12.6. The van der Waals surface area contributed by atoms with Gasteiger partial charge in [-0.1, -0.05) is 6.07 Å². The van der Waals surface area contributed by atoms with Crippen molar-refractivity contribution in [3.05, 3.63) is 54.0 Å². The lowest BCUT2D eigenvalue weighted by atomic mass is 10.3. The smallest absolute Gasteiger partial charge is 0.236 e. The standard InChI is InChI=1S/C18H16N4O2S2/c1-12(23)20-13-5-7-14(8-6-13)25-11-17(24)22-18-21-16(10-26-18)15-4-2-3-9-19-15/h2-10H,11H2,1H3,(H,20,23)(H,21,22,24). The molecule has 0 unspecified atom stereocenters. The molecule has 3 aromatic rings. The Morgan fingerprint density at radius 2 is 1.88 bits per heavy atom. The molecular weight excluding hydrogens is 368 g/mol. The molecule has 8 heteroatoms. The zero-order valence-corrected chi connectivity index (χ0v) is 15.6. The van der Waals surface area contributed by atoms with Crippen molar-refractivity contribution in [1.82, 2.24) is 9.97 Å². The average Bonchev–Trinajstić information content (AvgIpc) is 3.10. The maximum absolute atomic E-state index is 12.1. The minimum atomic E-state index is -0.122. The lowest BCUT2D eigenvalue weighted by Gasteiger charge is -2.04. The second-order valence-corrected chi connectivity index (χ2v) is 7.20. The number of thiazole rings is 1. The molecule has 0 radical (unpaired) electrons. The Hall–Kier alpha value is -2.71. The number of carbonyl (C=O) groups is 2. The SMILES string of the molecule is CC(=O)Nc1ccc(SCC(=O)Nc2nc(-c3ccccn3)cs2)cc1. The molecule has 0 aliphatic carbocycles. The van der Waals surface area contributed by atoms with E-state index in [-0.39, 0.29) is 17.6 Å². The van der Waals surface area contributed by atoms with Crippen LogP contribution in [0.25, 0.3) is 11.4 Å². The number of aromatic nitrogens is 2. The highest BCUT2D eigenvalue weighted by Gasteiger charge is 2.09. The van der Waals surface area contributed by atoms with E-state index in [4.69, 9.17) is 0 Å². The highest BCUT2D eigenvalue weighted by Crippen LogP contribution is 2.24. The summed E-state index contributed by atoms with van der Waals surface area (Å²) in [4.78, 5) is 32.7. The molecule has 0 saturated heterocycles. The molecule has 0 saturated carbocycles. The van der Waals surface area contributed by atoms with Crippen LogP contribution in [0.5, 0.6) is 0 Å². The molecule has 2 amide bonds. The quantitative estimate of drug-likeness (QED) is 0.630. The molecule has 0 aliphatic heterocycles. The van der Waals surface area contributed by atoms with Gasteiger partial charge in [0.1, 0.15) is 5.69 Å². The highest BCUT2D eigenvalue weighted by atomic mass is 32.2. The lowest BCUT2D eigenvalue weighted by Crippen LogP contribution is -2.13. The Kier molecular flexibility index (Phi) is 5.98. The Balaban J connectivity index is 1.51. The normalized spacial score (nSPS) is 10.3. The van der Waals surface area contributed by atoms with Crippen LogP contribution in [0.15, 0.2) is 58.9 Å². The monoisotopic (exact) mass is 384 g/mol. The van der Waals surface area contributed by atoms with Crippen molar-refractivity contribution in [2.45, 2.75) is 11.8 Å². The summed E-state index contributed by atoms with van der Waals surface area (Å²) in [5.41, 5.74) is 2.25. The largest absolute Gasteiger partial charge is 0.326 e. The summed E-state index contributed by atoms with van der Waals surface area (Å²) in [6.45, 7) is 1.46. The molecule has 26 heavy (non-hydrogen) atoms. The van der Waals surface area contributed by atoms with Crippen LogP contribution < -0.4 is 10.6 Å². The van der Waals surface area contributed by atoms with E-state index < -0.39 is 0 Å². The van der Waals surface area contributed by atoms with Crippen LogP contribution in [0.2, 0.25) is 0 Å². The van der Waals surface area contributed by atoms with E-state index in [2.05, 4.69) is 20.6 Å². The third kappa shape index (κ3) is 5.14. The first-order valence-corrected chi connectivity index (χ1v) is 9.64.